The summed E-state index contributed by atoms with van der Waals surface area (Å²) in [5.41, 5.74) is 1.63. The van der Waals surface area contributed by atoms with Gasteiger partial charge in [0.1, 0.15) is 30.3 Å². The van der Waals surface area contributed by atoms with Crippen LogP contribution in [0.1, 0.15) is 15.9 Å². The summed E-state index contributed by atoms with van der Waals surface area (Å²) in [5.74, 6) is 0.546. The molecule has 3 rings (SSSR count). The van der Waals surface area contributed by atoms with E-state index in [9.17, 15) is 14.9 Å². The topological polar surface area (TPSA) is 114 Å². The van der Waals surface area contributed by atoms with Crippen molar-refractivity contribution in [3.63, 3.8) is 0 Å². The Labute approximate surface area is 212 Å². The van der Waals surface area contributed by atoms with E-state index in [-0.39, 0.29) is 30.2 Å². The minimum absolute atomic E-state index is 0.0877. The van der Waals surface area contributed by atoms with Crippen LogP contribution in [-0.2, 0) is 11.3 Å². The number of aromatic nitrogens is 2. The number of nitrogens with zero attached hydrogens (tertiary/aromatic N) is 3. The van der Waals surface area contributed by atoms with Crippen molar-refractivity contribution in [3.05, 3.63) is 112 Å². The van der Waals surface area contributed by atoms with E-state index in [2.05, 4.69) is 27.9 Å². The molecule has 2 aromatic carbocycles. The molecule has 10 heteroatoms. The second kappa shape index (κ2) is 12.3. The Hall–Kier alpha value is -4.50. The van der Waals surface area contributed by atoms with Crippen LogP contribution in [-0.4, -0.2) is 34.6 Å². The lowest BCUT2D eigenvalue weighted by atomic mass is 10.1. The number of rotatable bonds is 11. The first-order valence-corrected chi connectivity index (χ1v) is 10.9. The average Bonchev–Trinajstić information content (AvgIpc) is 2.89. The van der Waals surface area contributed by atoms with Gasteiger partial charge in [-0.1, -0.05) is 43.0 Å². The van der Waals surface area contributed by atoms with Gasteiger partial charge in [0.05, 0.1) is 12.0 Å². The number of carbonyl (C=O) groups is 1. The van der Waals surface area contributed by atoms with Crippen molar-refractivity contribution in [2.45, 2.75) is 6.61 Å². The van der Waals surface area contributed by atoms with Crippen LogP contribution < -0.4 is 9.47 Å². The Bertz CT molecular complexity index is 1320. The molecule has 0 amide bonds. The first-order valence-electron chi connectivity index (χ1n) is 10.5. The normalized spacial score (nSPS) is 10.9. The van der Waals surface area contributed by atoms with Gasteiger partial charge in [0, 0.05) is 40.7 Å². The molecule has 1 aromatic heterocycles. The minimum atomic E-state index is -0.827. The van der Waals surface area contributed by atoms with Crippen molar-refractivity contribution in [3.8, 4) is 22.9 Å². The van der Waals surface area contributed by atoms with Crippen molar-refractivity contribution in [1.82, 2.24) is 9.97 Å². The summed E-state index contributed by atoms with van der Waals surface area (Å²) < 4.78 is 16.1. The zero-order valence-electron chi connectivity index (χ0n) is 19.3. The van der Waals surface area contributed by atoms with Gasteiger partial charge >= 0.3 is 5.97 Å². The second-order valence-corrected chi connectivity index (χ2v) is 7.80. The molecule has 0 unspecified atom stereocenters. The second-order valence-electron chi connectivity index (χ2n) is 7.32. The maximum absolute atomic E-state index is 11.9. The van der Waals surface area contributed by atoms with Crippen LogP contribution in [0.5, 0.6) is 11.5 Å². The van der Waals surface area contributed by atoms with Crippen molar-refractivity contribution < 1.29 is 23.9 Å². The van der Waals surface area contributed by atoms with E-state index in [0.717, 1.165) is 18.2 Å². The third kappa shape index (κ3) is 7.00. The number of nitro groups is 1. The Morgan fingerprint density at radius 2 is 1.86 bits per heavy atom. The van der Waals surface area contributed by atoms with Gasteiger partial charge in [-0.3, -0.25) is 10.1 Å². The summed E-state index contributed by atoms with van der Waals surface area (Å²) in [7, 11) is 1.15. The number of nitro benzene ring substituents is 1. The van der Waals surface area contributed by atoms with Gasteiger partial charge in [-0.2, -0.15) is 0 Å². The van der Waals surface area contributed by atoms with E-state index < -0.39 is 10.9 Å². The first-order chi connectivity index (χ1) is 17.3. The molecule has 0 saturated carbocycles. The van der Waals surface area contributed by atoms with Gasteiger partial charge in [-0.15, -0.1) is 0 Å². The highest BCUT2D eigenvalue weighted by Gasteiger charge is 2.21. The van der Waals surface area contributed by atoms with E-state index in [1.807, 2.05) is 24.3 Å². The first kappa shape index (κ1) is 26.1. The maximum Gasteiger partial charge on any atom is 0.345 e. The molecule has 0 aliphatic heterocycles. The van der Waals surface area contributed by atoms with Crippen molar-refractivity contribution >= 4 is 23.3 Å². The van der Waals surface area contributed by atoms with Crippen molar-refractivity contribution in [1.29, 1.82) is 0 Å². The molecule has 184 valence electrons. The smallest absolute Gasteiger partial charge is 0.345 e. The van der Waals surface area contributed by atoms with Gasteiger partial charge in [0.15, 0.2) is 5.82 Å². The van der Waals surface area contributed by atoms with Crippen LogP contribution in [0.4, 0.5) is 5.69 Å². The molecule has 9 nitrogen and oxygen atoms in total. The summed E-state index contributed by atoms with van der Waals surface area (Å²) >= 11 is 5.81. The van der Waals surface area contributed by atoms with E-state index in [1.54, 1.807) is 24.5 Å². The fourth-order valence-electron chi connectivity index (χ4n) is 3.03. The number of ether oxygens (including phenoxy) is 3. The molecule has 0 aliphatic rings. The summed E-state index contributed by atoms with van der Waals surface area (Å²) in [6, 6.07) is 11.2. The van der Waals surface area contributed by atoms with Gasteiger partial charge in [-0.25, -0.2) is 14.8 Å². The molecular formula is C26H22ClN3O6. The highest BCUT2D eigenvalue weighted by Crippen LogP contribution is 2.26. The molecule has 0 aliphatic carbocycles. The lowest BCUT2D eigenvalue weighted by molar-refractivity contribution is -0.385. The number of allylic oxidation sites excluding steroid dienone is 2. The number of hydrogen-bond acceptors (Lipinski definition) is 8. The molecule has 0 radical (unpaired) electrons. The monoisotopic (exact) mass is 507 g/mol. The molecule has 0 saturated heterocycles. The summed E-state index contributed by atoms with van der Waals surface area (Å²) in [6.07, 6.45) is 6.53. The zero-order chi connectivity index (χ0) is 26.1. The maximum atomic E-state index is 11.9. The molecular weight excluding hydrogens is 486 g/mol. The minimum Gasteiger partial charge on any atom is -0.489 e. The molecule has 0 N–H and O–H groups in total. The molecule has 0 atom stereocenters. The zero-order valence-corrected chi connectivity index (χ0v) is 20.1. The lowest BCUT2D eigenvalue weighted by Gasteiger charge is -2.09. The predicted molar refractivity (Wildman–Crippen MR) is 135 cm³/mol. The van der Waals surface area contributed by atoms with E-state index in [4.69, 9.17) is 21.1 Å². The SMILES string of the molecule is C=C/C(=C\C(=C)Cl)COc1cccc(-c2ncc(COc3ccc([N+](=O)[O-])c(C(=O)OC)c3)cn2)c1. The fourth-order valence-corrected chi connectivity index (χ4v) is 3.18. The summed E-state index contributed by atoms with van der Waals surface area (Å²) in [6.45, 7) is 7.73. The highest BCUT2D eigenvalue weighted by molar-refractivity contribution is 6.30. The molecule has 3 aromatic rings. The van der Waals surface area contributed by atoms with E-state index in [0.29, 0.717) is 22.2 Å². The number of benzene rings is 2. The molecule has 1 heterocycles. The largest absolute Gasteiger partial charge is 0.489 e. The van der Waals surface area contributed by atoms with Gasteiger partial charge in [0.25, 0.3) is 5.69 Å². The highest BCUT2D eigenvalue weighted by atomic mass is 35.5. The van der Waals surface area contributed by atoms with E-state index >= 15 is 0 Å². The van der Waals surface area contributed by atoms with Crippen LogP contribution >= 0.6 is 11.6 Å². The molecule has 0 fully saturated rings. The Morgan fingerprint density at radius 1 is 1.14 bits per heavy atom. The number of methoxy groups -OCH3 is 1. The van der Waals surface area contributed by atoms with Crippen LogP contribution in [0.25, 0.3) is 11.4 Å². The predicted octanol–water partition coefficient (Wildman–Crippen LogP) is 5.66. The standard InChI is InChI=1S/C26H22ClN3O6/c1-4-18(10-17(2)27)15-35-21-7-5-6-20(11-21)25-28-13-19(14-29-25)16-36-22-8-9-24(30(32)33)23(12-22)26(31)34-3/h4-14H,1-2,15-16H2,3H3/b18-10+. The number of hydrogen-bond donors (Lipinski definition) is 0. The molecule has 0 bridgehead atoms. The van der Waals surface area contributed by atoms with Crippen LogP contribution in [0.2, 0.25) is 0 Å². The lowest BCUT2D eigenvalue weighted by Crippen LogP contribution is -2.06. The van der Waals surface area contributed by atoms with Crippen LogP contribution in [0.3, 0.4) is 0 Å². The van der Waals surface area contributed by atoms with Crippen LogP contribution in [0, 0.1) is 10.1 Å². The third-order valence-corrected chi connectivity index (χ3v) is 4.89. The van der Waals surface area contributed by atoms with Crippen molar-refractivity contribution in [2.75, 3.05) is 13.7 Å². The fraction of sp³-hybridized carbons (Fsp3) is 0.115. The van der Waals surface area contributed by atoms with Gasteiger partial charge in [0.2, 0.25) is 0 Å². The summed E-state index contributed by atoms with van der Waals surface area (Å²) in [4.78, 5) is 31.1. The summed E-state index contributed by atoms with van der Waals surface area (Å²) in [5, 5.41) is 11.5. The van der Waals surface area contributed by atoms with Crippen LogP contribution in [0.15, 0.2) is 90.8 Å². The van der Waals surface area contributed by atoms with Crippen molar-refractivity contribution in [2.24, 2.45) is 0 Å². The van der Waals surface area contributed by atoms with E-state index in [1.165, 1.54) is 18.2 Å². The molecule has 0 spiro atoms. The van der Waals surface area contributed by atoms with Gasteiger partial charge in [-0.05, 0) is 29.8 Å². The quantitative estimate of drug-likeness (QED) is 0.141. The van der Waals surface area contributed by atoms with Gasteiger partial charge < -0.3 is 14.2 Å². The Morgan fingerprint density at radius 3 is 2.50 bits per heavy atom. The average molecular weight is 508 g/mol. The Balaban J connectivity index is 1.67. The number of esters is 1. The Kier molecular flexibility index (Phi) is 8.90. The number of carbonyl (C=O) groups excluding carboxylic acids is 1. The molecule has 36 heavy (non-hydrogen) atoms. The number of halogens is 1. The third-order valence-electron chi connectivity index (χ3n) is 4.78.